The van der Waals surface area contributed by atoms with Crippen LogP contribution in [0.2, 0.25) is 10.3 Å². The van der Waals surface area contributed by atoms with E-state index in [4.69, 9.17) is 37.8 Å². The summed E-state index contributed by atoms with van der Waals surface area (Å²) in [6, 6.07) is 14.8. The van der Waals surface area contributed by atoms with E-state index in [0.717, 1.165) is 16.7 Å². The highest BCUT2D eigenvalue weighted by Crippen LogP contribution is 2.39. The van der Waals surface area contributed by atoms with Gasteiger partial charge >= 0.3 is 5.97 Å². The minimum atomic E-state index is -0.864. The van der Waals surface area contributed by atoms with Crippen LogP contribution in [0, 0.1) is 0 Å². The summed E-state index contributed by atoms with van der Waals surface area (Å²) in [6.45, 7) is 0.394. The van der Waals surface area contributed by atoms with Gasteiger partial charge in [-0.3, -0.25) is 9.59 Å². The molecule has 38 heavy (non-hydrogen) atoms. The van der Waals surface area contributed by atoms with Crippen molar-refractivity contribution in [2.45, 2.75) is 63.8 Å². The molecule has 11 heteroatoms. The van der Waals surface area contributed by atoms with Crippen LogP contribution in [0.1, 0.15) is 61.2 Å². The predicted molar refractivity (Wildman–Crippen MR) is 142 cm³/mol. The molecule has 1 saturated heterocycles. The van der Waals surface area contributed by atoms with Crippen molar-refractivity contribution in [2.75, 3.05) is 5.32 Å². The molecule has 0 unspecified atom stereocenters. The van der Waals surface area contributed by atoms with Gasteiger partial charge in [0, 0.05) is 30.5 Å². The molecule has 3 aromatic rings. The standard InChI is InChI=1S/C27H29Cl2N3O6/c28-25-26(29)32(16-30-25)14-21-13-22(18-7-5-17(15-33)6-8-18)38-27(37-21)19-9-11-20(12-10-19)31-23(34)3-1-2-4-24(35)36/h5-12,16,21-22,27,33H,1-4,13-15H2,(H,31,34)(H,35,36)/t21-,22+,27+/m1/s1. The summed E-state index contributed by atoms with van der Waals surface area (Å²) in [5.41, 5.74) is 3.18. The van der Waals surface area contributed by atoms with Gasteiger partial charge in [-0.2, -0.15) is 0 Å². The number of hydrogen-bond donors (Lipinski definition) is 3. The molecule has 1 aliphatic rings. The van der Waals surface area contributed by atoms with Crippen LogP contribution in [0.3, 0.4) is 0 Å². The lowest BCUT2D eigenvalue weighted by Crippen LogP contribution is -2.32. The van der Waals surface area contributed by atoms with Crippen molar-refractivity contribution < 1.29 is 29.3 Å². The topological polar surface area (TPSA) is 123 Å². The van der Waals surface area contributed by atoms with Gasteiger partial charge < -0.3 is 29.6 Å². The molecule has 1 fully saturated rings. The first kappa shape index (κ1) is 28.1. The molecule has 9 nitrogen and oxygen atoms in total. The largest absolute Gasteiger partial charge is 0.481 e. The Morgan fingerprint density at radius 1 is 1.00 bits per heavy atom. The third-order valence-electron chi connectivity index (χ3n) is 6.26. The van der Waals surface area contributed by atoms with Crippen LogP contribution in [-0.2, 0) is 32.2 Å². The molecule has 3 N–H and O–H groups in total. The number of aliphatic carboxylic acids is 1. The third kappa shape index (κ3) is 7.55. The van der Waals surface area contributed by atoms with Gasteiger partial charge in [0.1, 0.15) is 5.15 Å². The van der Waals surface area contributed by atoms with E-state index in [1.54, 1.807) is 23.0 Å². The zero-order chi connectivity index (χ0) is 27.1. The summed E-state index contributed by atoms with van der Waals surface area (Å²) in [5.74, 6) is -1.03. The van der Waals surface area contributed by atoms with Gasteiger partial charge in [-0.25, -0.2) is 4.98 Å². The number of carbonyl (C=O) groups is 2. The van der Waals surface area contributed by atoms with Crippen molar-refractivity contribution in [3.8, 4) is 0 Å². The number of imidazole rings is 1. The third-order valence-corrected chi connectivity index (χ3v) is 7.03. The Morgan fingerprint density at radius 2 is 1.68 bits per heavy atom. The molecule has 3 atom stereocenters. The molecule has 1 aromatic heterocycles. The number of rotatable bonds is 11. The normalized spacial score (nSPS) is 19.3. The zero-order valence-corrected chi connectivity index (χ0v) is 22.1. The lowest BCUT2D eigenvalue weighted by Gasteiger charge is -2.36. The second-order valence-electron chi connectivity index (χ2n) is 9.10. The Bertz CT molecular complexity index is 1230. The molecule has 0 bridgehead atoms. The maximum Gasteiger partial charge on any atom is 0.303 e. The maximum absolute atomic E-state index is 12.2. The summed E-state index contributed by atoms with van der Waals surface area (Å²) in [5, 5.41) is 21.5. The molecular weight excluding hydrogens is 533 g/mol. The highest BCUT2D eigenvalue weighted by atomic mass is 35.5. The van der Waals surface area contributed by atoms with Gasteiger partial charge in [0.15, 0.2) is 11.4 Å². The smallest absolute Gasteiger partial charge is 0.303 e. The molecule has 202 valence electrons. The highest BCUT2D eigenvalue weighted by molar-refractivity contribution is 6.40. The van der Waals surface area contributed by atoms with E-state index in [1.165, 1.54) is 0 Å². The number of ether oxygens (including phenoxy) is 2. The van der Waals surface area contributed by atoms with Crippen LogP contribution < -0.4 is 5.32 Å². The van der Waals surface area contributed by atoms with Crippen LogP contribution in [-0.4, -0.2) is 37.7 Å². The highest BCUT2D eigenvalue weighted by Gasteiger charge is 2.33. The Morgan fingerprint density at radius 3 is 2.32 bits per heavy atom. The molecule has 1 aliphatic heterocycles. The lowest BCUT2D eigenvalue weighted by atomic mass is 10.00. The Hall–Kier alpha value is -2.95. The van der Waals surface area contributed by atoms with Gasteiger partial charge in [-0.15, -0.1) is 0 Å². The average molecular weight is 562 g/mol. The van der Waals surface area contributed by atoms with Crippen molar-refractivity contribution >= 4 is 40.8 Å². The molecule has 2 aromatic carbocycles. The van der Waals surface area contributed by atoms with E-state index in [2.05, 4.69) is 10.3 Å². The maximum atomic E-state index is 12.2. The van der Waals surface area contributed by atoms with Crippen molar-refractivity contribution in [3.05, 3.63) is 81.9 Å². The molecule has 1 amide bonds. The number of aliphatic hydroxyl groups is 1. The number of carboxylic acid groups (broad SMARTS) is 1. The Labute approximate surface area is 230 Å². The number of nitrogens with zero attached hydrogens (tertiary/aromatic N) is 2. The van der Waals surface area contributed by atoms with Crippen LogP contribution in [0.5, 0.6) is 0 Å². The molecular formula is C27H29Cl2N3O6. The fourth-order valence-electron chi connectivity index (χ4n) is 4.23. The number of amides is 1. The lowest BCUT2D eigenvalue weighted by molar-refractivity contribution is -0.252. The monoisotopic (exact) mass is 561 g/mol. The first-order valence-electron chi connectivity index (χ1n) is 12.3. The van der Waals surface area contributed by atoms with E-state index >= 15 is 0 Å². The molecule has 4 rings (SSSR count). The number of carboxylic acids is 1. The molecule has 2 heterocycles. The summed E-state index contributed by atoms with van der Waals surface area (Å²) in [4.78, 5) is 26.8. The fraction of sp³-hybridized carbons (Fsp3) is 0.370. The summed E-state index contributed by atoms with van der Waals surface area (Å²) >= 11 is 12.3. The predicted octanol–water partition coefficient (Wildman–Crippen LogP) is 5.51. The van der Waals surface area contributed by atoms with Crippen LogP contribution in [0.25, 0.3) is 0 Å². The Kier molecular flexibility index (Phi) is 9.76. The van der Waals surface area contributed by atoms with Crippen LogP contribution >= 0.6 is 23.2 Å². The second-order valence-corrected chi connectivity index (χ2v) is 9.82. The number of halogens is 2. The SMILES string of the molecule is O=C(O)CCCCC(=O)Nc1ccc([C@H]2O[C@@H](Cn3cnc(Cl)c3Cl)C[C@@H](c3ccc(CO)cc3)O2)cc1. The number of carbonyl (C=O) groups excluding carboxylic acids is 1. The van der Waals surface area contributed by atoms with E-state index in [0.29, 0.717) is 36.6 Å². The minimum Gasteiger partial charge on any atom is -0.481 e. The van der Waals surface area contributed by atoms with Gasteiger partial charge in [0.25, 0.3) is 0 Å². The quantitative estimate of drug-likeness (QED) is 0.263. The van der Waals surface area contributed by atoms with E-state index in [-0.39, 0.29) is 42.7 Å². The number of unbranched alkanes of at least 4 members (excludes halogenated alkanes) is 1. The molecule has 0 radical (unpaired) electrons. The van der Waals surface area contributed by atoms with Crippen molar-refractivity contribution in [3.63, 3.8) is 0 Å². The molecule has 0 spiro atoms. The zero-order valence-electron chi connectivity index (χ0n) is 20.6. The molecule has 0 aliphatic carbocycles. The second kappa shape index (κ2) is 13.2. The summed E-state index contributed by atoms with van der Waals surface area (Å²) in [7, 11) is 0. The summed E-state index contributed by atoms with van der Waals surface area (Å²) < 4.78 is 14.4. The van der Waals surface area contributed by atoms with Gasteiger partial charge in [-0.1, -0.05) is 59.6 Å². The van der Waals surface area contributed by atoms with Crippen LogP contribution in [0.4, 0.5) is 5.69 Å². The van der Waals surface area contributed by atoms with E-state index in [9.17, 15) is 14.7 Å². The number of benzene rings is 2. The van der Waals surface area contributed by atoms with Crippen molar-refractivity contribution in [1.29, 1.82) is 0 Å². The van der Waals surface area contributed by atoms with E-state index in [1.807, 2.05) is 36.4 Å². The van der Waals surface area contributed by atoms with Crippen molar-refractivity contribution in [1.82, 2.24) is 9.55 Å². The minimum absolute atomic E-state index is 0.0364. The van der Waals surface area contributed by atoms with Crippen molar-refractivity contribution in [2.24, 2.45) is 0 Å². The number of hydrogen-bond acceptors (Lipinski definition) is 6. The average Bonchev–Trinajstić information content (AvgIpc) is 3.23. The number of anilines is 1. The van der Waals surface area contributed by atoms with Gasteiger partial charge in [0.05, 0.1) is 31.7 Å². The number of nitrogens with one attached hydrogen (secondary N) is 1. The van der Waals surface area contributed by atoms with E-state index < -0.39 is 12.3 Å². The Balaban J connectivity index is 1.45. The number of aliphatic hydroxyl groups excluding tert-OH is 1. The van der Waals surface area contributed by atoms with Gasteiger partial charge in [0.2, 0.25) is 5.91 Å². The van der Waals surface area contributed by atoms with Gasteiger partial charge in [-0.05, 0) is 36.1 Å². The van der Waals surface area contributed by atoms with Crippen LogP contribution in [0.15, 0.2) is 54.9 Å². The summed E-state index contributed by atoms with van der Waals surface area (Å²) in [6.07, 6.45) is 2.21. The first-order valence-corrected chi connectivity index (χ1v) is 13.1. The first-order chi connectivity index (χ1) is 18.3. The fourth-order valence-corrected chi connectivity index (χ4v) is 4.55. The number of aromatic nitrogens is 2. The molecule has 0 saturated carbocycles.